The van der Waals surface area contributed by atoms with Crippen LogP contribution in [0, 0.1) is 5.92 Å². The van der Waals surface area contributed by atoms with Gasteiger partial charge in [0.05, 0.1) is 0 Å². The molecule has 4 rings (SSSR count). The highest BCUT2D eigenvalue weighted by Crippen LogP contribution is 2.24. The summed E-state index contributed by atoms with van der Waals surface area (Å²) in [5.41, 5.74) is 8.13. The fraction of sp³-hybridized carbons (Fsp3) is 0.571. The number of nitrogens with one attached hydrogen (secondary N) is 1. The van der Waals surface area contributed by atoms with Crippen LogP contribution < -0.4 is 11.1 Å². The number of hydrogen-bond donors (Lipinski definition) is 2. The van der Waals surface area contributed by atoms with E-state index in [-0.39, 0.29) is 5.92 Å². The van der Waals surface area contributed by atoms with Crippen LogP contribution in [0.5, 0.6) is 0 Å². The molecule has 3 N–H and O–H groups in total. The number of carbonyl (C=O) groups is 1. The predicted octanol–water partition coefficient (Wildman–Crippen LogP) is 5.42. The van der Waals surface area contributed by atoms with Gasteiger partial charge in [0.25, 0.3) is 0 Å². The standard InChI is InChI=1S/C23H31N5O.C3H8.C2H6/c24-22-16-18(6-11-25-22)17-27-12-7-19(8-13-27)23(29)28-14-9-21(10-15-28)26-20-4-2-1-3-5-20;1-3-2;1-2/h1-6,11,16,19,21,26H,7-10,12-15,17H2,(H2,24,25);3H2,1-2H3;1-2H3. The number of nitrogens with zero attached hydrogens (tertiary/aromatic N) is 3. The summed E-state index contributed by atoms with van der Waals surface area (Å²) >= 11 is 0. The van der Waals surface area contributed by atoms with E-state index in [9.17, 15) is 4.79 Å². The van der Waals surface area contributed by atoms with Crippen molar-refractivity contribution in [2.75, 3.05) is 37.2 Å². The maximum Gasteiger partial charge on any atom is 0.225 e. The molecular formula is C28H45N5O. The Morgan fingerprint density at radius 2 is 1.62 bits per heavy atom. The number of nitrogen functional groups attached to an aromatic ring is 1. The molecule has 1 aromatic heterocycles. The molecule has 34 heavy (non-hydrogen) atoms. The number of anilines is 2. The lowest BCUT2D eigenvalue weighted by Crippen LogP contribution is -2.47. The van der Waals surface area contributed by atoms with Crippen LogP contribution in [0.2, 0.25) is 0 Å². The second kappa shape index (κ2) is 15.3. The first kappa shape index (κ1) is 27.6. The Labute approximate surface area is 206 Å². The largest absolute Gasteiger partial charge is 0.384 e. The molecule has 6 heteroatoms. The van der Waals surface area contributed by atoms with Gasteiger partial charge in [-0.05, 0) is 68.6 Å². The second-order valence-corrected chi connectivity index (χ2v) is 8.96. The molecule has 1 amide bonds. The summed E-state index contributed by atoms with van der Waals surface area (Å²) in [6.45, 7) is 12.8. The van der Waals surface area contributed by atoms with Gasteiger partial charge in [-0.25, -0.2) is 4.98 Å². The number of likely N-dealkylation sites (tertiary alicyclic amines) is 2. The third-order valence-electron chi connectivity index (χ3n) is 6.14. The highest BCUT2D eigenvalue weighted by molar-refractivity contribution is 5.79. The Morgan fingerprint density at radius 1 is 1.00 bits per heavy atom. The molecule has 0 unspecified atom stereocenters. The highest BCUT2D eigenvalue weighted by Gasteiger charge is 2.30. The van der Waals surface area contributed by atoms with Gasteiger partial charge in [-0.1, -0.05) is 52.3 Å². The molecule has 2 aromatic rings. The maximum atomic E-state index is 13.0. The van der Waals surface area contributed by atoms with E-state index < -0.39 is 0 Å². The average Bonchev–Trinajstić information content (AvgIpc) is 2.87. The molecule has 1 aromatic carbocycles. The van der Waals surface area contributed by atoms with Crippen molar-refractivity contribution in [2.24, 2.45) is 5.92 Å². The zero-order chi connectivity index (χ0) is 24.8. The smallest absolute Gasteiger partial charge is 0.225 e. The van der Waals surface area contributed by atoms with Crippen molar-refractivity contribution in [3.8, 4) is 0 Å². The Morgan fingerprint density at radius 3 is 2.21 bits per heavy atom. The summed E-state index contributed by atoms with van der Waals surface area (Å²) in [4.78, 5) is 21.5. The molecule has 2 aliphatic rings. The van der Waals surface area contributed by atoms with Gasteiger partial charge in [-0.2, -0.15) is 0 Å². The molecule has 0 atom stereocenters. The van der Waals surface area contributed by atoms with Crippen LogP contribution in [-0.2, 0) is 11.3 Å². The number of aromatic nitrogens is 1. The minimum Gasteiger partial charge on any atom is -0.384 e. The third kappa shape index (κ3) is 8.98. The summed E-state index contributed by atoms with van der Waals surface area (Å²) in [5, 5.41) is 3.59. The van der Waals surface area contributed by atoms with Crippen molar-refractivity contribution in [1.29, 1.82) is 0 Å². The number of piperidine rings is 2. The molecule has 6 nitrogen and oxygen atoms in total. The molecular weight excluding hydrogens is 422 g/mol. The van der Waals surface area contributed by atoms with Crippen molar-refractivity contribution in [3.63, 3.8) is 0 Å². The van der Waals surface area contributed by atoms with Crippen molar-refractivity contribution >= 4 is 17.4 Å². The fourth-order valence-electron chi connectivity index (χ4n) is 4.46. The maximum absolute atomic E-state index is 13.0. The molecule has 0 radical (unpaired) electrons. The zero-order valence-corrected chi connectivity index (χ0v) is 21.7. The van der Waals surface area contributed by atoms with Crippen LogP contribution >= 0.6 is 0 Å². The van der Waals surface area contributed by atoms with Gasteiger partial charge in [0.1, 0.15) is 5.82 Å². The Balaban J connectivity index is 0.000000758. The van der Waals surface area contributed by atoms with Gasteiger partial charge >= 0.3 is 0 Å². The number of nitrogens with two attached hydrogens (primary N) is 1. The van der Waals surface area contributed by atoms with Crippen molar-refractivity contribution in [3.05, 3.63) is 54.2 Å². The van der Waals surface area contributed by atoms with Gasteiger partial charge in [0.15, 0.2) is 0 Å². The fourth-order valence-corrected chi connectivity index (χ4v) is 4.46. The molecule has 0 bridgehead atoms. The first-order valence-electron chi connectivity index (χ1n) is 13.1. The minimum absolute atomic E-state index is 0.174. The number of rotatable bonds is 5. The van der Waals surface area contributed by atoms with Crippen LogP contribution in [0.1, 0.15) is 65.4 Å². The Bertz CT molecular complexity index is 813. The van der Waals surface area contributed by atoms with Crippen LogP contribution in [0.15, 0.2) is 48.7 Å². The number of pyridine rings is 1. The minimum atomic E-state index is 0.174. The molecule has 2 fully saturated rings. The van der Waals surface area contributed by atoms with E-state index in [0.717, 1.165) is 58.4 Å². The van der Waals surface area contributed by atoms with Crippen LogP contribution in [-0.4, -0.2) is 52.9 Å². The third-order valence-corrected chi connectivity index (χ3v) is 6.14. The van der Waals surface area contributed by atoms with Crippen molar-refractivity contribution in [1.82, 2.24) is 14.8 Å². The molecule has 0 aliphatic carbocycles. The molecule has 0 saturated carbocycles. The van der Waals surface area contributed by atoms with Crippen molar-refractivity contribution in [2.45, 2.75) is 72.4 Å². The van der Waals surface area contributed by atoms with Crippen LogP contribution in [0.4, 0.5) is 11.5 Å². The monoisotopic (exact) mass is 467 g/mol. The van der Waals surface area contributed by atoms with Gasteiger partial charge in [-0.3, -0.25) is 9.69 Å². The van der Waals surface area contributed by atoms with E-state index in [1.807, 2.05) is 32.0 Å². The highest BCUT2D eigenvalue weighted by atomic mass is 16.2. The van der Waals surface area contributed by atoms with Gasteiger partial charge in [0, 0.05) is 43.5 Å². The van der Waals surface area contributed by atoms with Gasteiger partial charge in [-0.15, -0.1) is 0 Å². The second-order valence-electron chi connectivity index (χ2n) is 8.96. The number of amides is 1. The summed E-state index contributed by atoms with van der Waals surface area (Å²) in [6.07, 6.45) is 6.94. The number of para-hydroxylation sites is 1. The molecule has 2 saturated heterocycles. The van der Waals surface area contributed by atoms with E-state index in [1.54, 1.807) is 6.20 Å². The summed E-state index contributed by atoms with van der Waals surface area (Å²) < 4.78 is 0. The Kier molecular flexibility index (Phi) is 12.5. The first-order valence-corrected chi connectivity index (χ1v) is 13.1. The van der Waals surface area contributed by atoms with E-state index in [4.69, 9.17) is 5.73 Å². The zero-order valence-electron chi connectivity index (χ0n) is 21.7. The Hall–Kier alpha value is -2.60. The number of carbonyl (C=O) groups excluding carboxylic acids is 1. The predicted molar refractivity (Wildman–Crippen MR) is 144 cm³/mol. The van der Waals surface area contributed by atoms with E-state index in [2.05, 4.69) is 58.2 Å². The lowest BCUT2D eigenvalue weighted by molar-refractivity contribution is -0.138. The summed E-state index contributed by atoms with van der Waals surface area (Å²) in [7, 11) is 0. The van der Waals surface area contributed by atoms with Gasteiger partial charge < -0.3 is 16.0 Å². The first-order chi connectivity index (χ1) is 16.6. The lowest BCUT2D eigenvalue weighted by Gasteiger charge is -2.37. The normalized spacial score (nSPS) is 17.1. The van der Waals surface area contributed by atoms with Crippen LogP contribution in [0.3, 0.4) is 0 Å². The SMILES string of the molecule is CC.CCC.Nc1cc(CN2CCC(C(=O)N3CCC(Nc4ccccc4)CC3)CC2)ccn1. The number of benzene rings is 1. The summed E-state index contributed by atoms with van der Waals surface area (Å²) in [5.74, 6) is 1.10. The molecule has 3 heterocycles. The molecule has 0 spiro atoms. The van der Waals surface area contributed by atoms with Gasteiger partial charge in [0.2, 0.25) is 5.91 Å². The molecule has 2 aliphatic heterocycles. The van der Waals surface area contributed by atoms with E-state index in [1.165, 1.54) is 17.7 Å². The average molecular weight is 468 g/mol. The van der Waals surface area contributed by atoms with Crippen molar-refractivity contribution < 1.29 is 4.79 Å². The topological polar surface area (TPSA) is 74.5 Å². The van der Waals surface area contributed by atoms with E-state index >= 15 is 0 Å². The quantitative estimate of drug-likeness (QED) is 0.614. The number of hydrogen-bond acceptors (Lipinski definition) is 5. The van der Waals surface area contributed by atoms with E-state index in [0.29, 0.717) is 17.8 Å². The summed E-state index contributed by atoms with van der Waals surface area (Å²) in [6, 6.07) is 14.7. The lowest BCUT2D eigenvalue weighted by atomic mass is 9.93. The molecule has 188 valence electrons. The van der Waals surface area contributed by atoms with Crippen LogP contribution in [0.25, 0.3) is 0 Å².